The van der Waals surface area contributed by atoms with Gasteiger partial charge in [0.25, 0.3) is 0 Å². The van der Waals surface area contributed by atoms with Gasteiger partial charge >= 0.3 is 11.5 Å². The largest absolute Gasteiger partial charge is 0.396 e. The number of fused-ring (bicyclic) bond motifs is 1. The van der Waals surface area contributed by atoms with Crippen LogP contribution in [0.4, 0.5) is 11.9 Å². The molecule has 0 atom stereocenters. The zero-order chi connectivity index (χ0) is 17.8. The Morgan fingerprint density at radius 3 is 2.69 bits per heavy atom. The monoisotopic (exact) mass is 373 g/mol. The van der Waals surface area contributed by atoms with Gasteiger partial charge in [-0.25, -0.2) is 4.79 Å². The topological polar surface area (TPSA) is 72.3 Å². The van der Waals surface area contributed by atoms with E-state index in [4.69, 9.17) is 6.57 Å². The number of piperazine rings is 1. The first kappa shape index (κ1) is 19.5. The number of halogens is 1. The summed E-state index contributed by atoms with van der Waals surface area (Å²) < 4.78 is 3.13. The molecule has 3 heterocycles. The van der Waals surface area contributed by atoms with Crippen LogP contribution in [0.25, 0.3) is 16.0 Å². The average molecular weight is 374 g/mol. The summed E-state index contributed by atoms with van der Waals surface area (Å²) in [6.07, 6.45) is 1.58. The van der Waals surface area contributed by atoms with E-state index in [1.54, 1.807) is 17.6 Å². The highest BCUT2D eigenvalue weighted by molar-refractivity contribution is 5.85. The molecule has 0 aliphatic carbocycles. The van der Waals surface area contributed by atoms with Crippen LogP contribution in [0.15, 0.2) is 17.4 Å². The summed E-state index contributed by atoms with van der Waals surface area (Å²) in [6.45, 7) is 16.6. The van der Waals surface area contributed by atoms with Crippen LogP contribution in [0.3, 0.4) is 0 Å². The normalized spacial score (nSPS) is 13.5. The molecule has 1 aliphatic heterocycles. The smallest absolute Gasteiger partial charge is 0.343 e. The van der Waals surface area contributed by atoms with Gasteiger partial charge in [0, 0.05) is 26.2 Å². The van der Waals surface area contributed by atoms with E-state index < -0.39 is 0 Å². The Kier molecular flexibility index (Phi) is 6.40. The summed E-state index contributed by atoms with van der Waals surface area (Å²) >= 11 is 0. The first-order valence-electron chi connectivity index (χ1n) is 8.06. The molecular weight excluding hydrogens is 354 g/mol. The molecule has 136 valence electrons. The van der Waals surface area contributed by atoms with Crippen LogP contribution in [0.5, 0.6) is 0 Å². The molecule has 2 aromatic heterocycles. The summed E-state index contributed by atoms with van der Waals surface area (Å²) in [7, 11) is 0. The molecule has 0 radical (unpaired) electrons. The SMILES string of the molecule is Cl.[C-]#[N+]c1nc2nc(N3CCNCC3)n(CC#CC)c2c(=O)n1CC=C. The summed E-state index contributed by atoms with van der Waals surface area (Å²) in [5.41, 5.74) is 0.385. The molecule has 0 amide bonds. The highest BCUT2D eigenvalue weighted by Gasteiger charge is 2.25. The lowest BCUT2D eigenvalue weighted by molar-refractivity contribution is 0.573. The maximum Gasteiger partial charge on any atom is 0.343 e. The van der Waals surface area contributed by atoms with Crippen LogP contribution in [0.2, 0.25) is 0 Å². The van der Waals surface area contributed by atoms with E-state index >= 15 is 0 Å². The molecule has 26 heavy (non-hydrogen) atoms. The van der Waals surface area contributed by atoms with Gasteiger partial charge in [0.15, 0.2) is 5.52 Å². The molecule has 0 saturated carbocycles. The van der Waals surface area contributed by atoms with Crippen molar-refractivity contribution >= 4 is 35.5 Å². The second-order valence-electron chi connectivity index (χ2n) is 5.56. The van der Waals surface area contributed by atoms with Gasteiger partial charge in [0.1, 0.15) is 0 Å². The van der Waals surface area contributed by atoms with Crippen LogP contribution in [-0.4, -0.2) is 45.3 Å². The first-order valence-corrected chi connectivity index (χ1v) is 8.06. The molecule has 0 unspecified atom stereocenters. The Hall–Kier alpha value is -2.81. The van der Waals surface area contributed by atoms with Gasteiger partial charge in [-0.15, -0.1) is 29.9 Å². The molecule has 8 nitrogen and oxygen atoms in total. The lowest BCUT2D eigenvalue weighted by Crippen LogP contribution is -2.44. The van der Waals surface area contributed by atoms with Crippen LogP contribution >= 0.6 is 12.4 Å². The van der Waals surface area contributed by atoms with Gasteiger partial charge in [-0.1, -0.05) is 18.6 Å². The van der Waals surface area contributed by atoms with Crippen molar-refractivity contribution < 1.29 is 0 Å². The van der Waals surface area contributed by atoms with E-state index in [1.165, 1.54) is 4.57 Å². The Morgan fingerprint density at radius 2 is 2.08 bits per heavy atom. The van der Waals surface area contributed by atoms with Crippen molar-refractivity contribution in [3.05, 3.63) is 34.4 Å². The average Bonchev–Trinajstić information content (AvgIpc) is 3.01. The predicted molar refractivity (Wildman–Crippen MR) is 104 cm³/mol. The van der Waals surface area contributed by atoms with Crippen LogP contribution < -0.4 is 15.8 Å². The molecule has 0 spiro atoms. The second kappa shape index (κ2) is 8.52. The number of rotatable bonds is 4. The maximum absolute atomic E-state index is 13.0. The number of hydrogen-bond donors (Lipinski definition) is 1. The fourth-order valence-electron chi connectivity index (χ4n) is 2.88. The van der Waals surface area contributed by atoms with Crippen LogP contribution in [-0.2, 0) is 13.1 Å². The lowest BCUT2D eigenvalue weighted by atomic mass is 10.4. The van der Waals surface area contributed by atoms with Gasteiger partial charge in [0.05, 0.1) is 13.1 Å². The van der Waals surface area contributed by atoms with Crippen molar-refractivity contribution in [1.82, 2.24) is 24.4 Å². The molecule has 9 heteroatoms. The third-order valence-electron chi connectivity index (χ3n) is 4.05. The number of hydrogen-bond acceptors (Lipinski definition) is 5. The minimum absolute atomic E-state index is 0. The minimum Gasteiger partial charge on any atom is -0.396 e. The third-order valence-corrected chi connectivity index (χ3v) is 4.05. The molecule has 3 rings (SSSR count). The van der Waals surface area contributed by atoms with Crippen molar-refractivity contribution in [1.29, 1.82) is 0 Å². The molecule has 1 aliphatic rings. The molecule has 1 fully saturated rings. The van der Waals surface area contributed by atoms with Crippen LogP contribution in [0, 0.1) is 18.4 Å². The van der Waals surface area contributed by atoms with Crippen molar-refractivity contribution in [2.24, 2.45) is 0 Å². The maximum atomic E-state index is 13.0. The van der Waals surface area contributed by atoms with E-state index in [-0.39, 0.29) is 30.5 Å². The molecular formula is C17H20ClN7O. The molecule has 0 aromatic carbocycles. The zero-order valence-electron chi connectivity index (χ0n) is 14.5. The van der Waals surface area contributed by atoms with Gasteiger partial charge in [-0.3, -0.25) is 9.13 Å². The molecule has 0 bridgehead atoms. The Labute approximate surface area is 157 Å². The summed E-state index contributed by atoms with van der Waals surface area (Å²) in [5.74, 6) is 6.56. The summed E-state index contributed by atoms with van der Waals surface area (Å²) in [4.78, 5) is 27.3. The third kappa shape index (κ3) is 3.43. The van der Waals surface area contributed by atoms with Crippen molar-refractivity contribution in [3.63, 3.8) is 0 Å². The number of nitrogens with zero attached hydrogens (tertiary/aromatic N) is 6. The van der Waals surface area contributed by atoms with Gasteiger partial charge in [-0.2, -0.15) is 4.98 Å². The molecule has 1 saturated heterocycles. The Bertz CT molecular complexity index is 967. The van der Waals surface area contributed by atoms with Gasteiger partial charge in [0.2, 0.25) is 11.6 Å². The van der Waals surface area contributed by atoms with Crippen molar-refractivity contribution in [2.45, 2.75) is 20.0 Å². The molecule has 2 aromatic rings. The zero-order valence-corrected chi connectivity index (χ0v) is 15.3. The van der Waals surface area contributed by atoms with E-state index in [1.807, 2.05) is 0 Å². The van der Waals surface area contributed by atoms with E-state index in [0.29, 0.717) is 23.7 Å². The van der Waals surface area contributed by atoms with Gasteiger partial charge in [-0.05, 0) is 6.92 Å². The number of allylic oxidation sites excluding steroid dienone is 1. The fourth-order valence-corrected chi connectivity index (χ4v) is 2.88. The number of anilines is 1. The van der Waals surface area contributed by atoms with Gasteiger partial charge < -0.3 is 15.1 Å². The van der Waals surface area contributed by atoms with Crippen molar-refractivity contribution in [3.8, 4) is 11.8 Å². The predicted octanol–water partition coefficient (Wildman–Crippen LogP) is 1.18. The number of imidazole rings is 1. The highest BCUT2D eigenvalue weighted by atomic mass is 35.5. The van der Waals surface area contributed by atoms with E-state index in [0.717, 1.165) is 26.2 Å². The fraction of sp³-hybridized carbons (Fsp3) is 0.412. The minimum atomic E-state index is -0.289. The van der Waals surface area contributed by atoms with Crippen LogP contribution in [0.1, 0.15) is 6.92 Å². The Balaban J connectivity index is 0.00000243. The van der Waals surface area contributed by atoms with Crippen molar-refractivity contribution in [2.75, 3.05) is 31.1 Å². The quantitative estimate of drug-likeness (QED) is 0.495. The summed E-state index contributed by atoms with van der Waals surface area (Å²) in [5, 5.41) is 3.30. The first-order chi connectivity index (χ1) is 12.2. The van der Waals surface area contributed by atoms with E-state index in [2.05, 4.69) is 43.4 Å². The standard InChI is InChI=1S/C17H19N7O.ClH/c1-4-6-10-23-13-14(21-17(23)22-11-7-19-8-12-22)20-16(18-3)24(9-5-2)15(13)25;/h5,19H,2,7-12H2,1H3;1H. The number of nitrogens with one attached hydrogen (secondary N) is 1. The Morgan fingerprint density at radius 1 is 1.35 bits per heavy atom. The lowest BCUT2D eigenvalue weighted by Gasteiger charge is -2.28. The summed E-state index contributed by atoms with van der Waals surface area (Å²) in [6, 6.07) is 0. The second-order valence-corrected chi connectivity index (χ2v) is 5.56. The molecule has 1 N–H and O–H groups in total. The van der Waals surface area contributed by atoms with E-state index in [9.17, 15) is 4.79 Å². The number of aromatic nitrogens is 4. The highest BCUT2D eigenvalue weighted by Crippen LogP contribution is 2.21.